The predicted molar refractivity (Wildman–Crippen MR) is 128 cm³/mol. The minimum Gasteiger partial charge on any atom is -0.301 e. The van der Waals surface area contributed by atoms with Gasteiger partial charge in [0, 0.05) is 35.9 Å². The van der Waals surface area contributed by atoms with Crippen LogP contribution in [0.3, 0.4) is 0 Å². The quantitative estimate of drug-likeness (QED) is 0.185. The second-order valence-electron chi connectivity index (χ2n) is 7.75. The second-order valence-corrected chi connectivity index (χ2v) is 9.78. The van der Waals surface area contributed by atoms with Crippen LogP contribution in [0.4, 0.5) is 5.69 Å². The number of nitrogens with zero attached hydrogens (tertiary/aromatic N) is 4. The van der Waals surface area contributed by atoms with Crippen molar-refractivity contribution in [2.75, 3.05) is 13.6 Å². The Balaban J connectivity index is 1.59. The molecule has 0 N–H and O–H groups in total. The third-order valence-corrected chi connectivity index (χ3v) is 7.68. The normalized spacial score (nSPS) is 13.9. The molecule has 5 rings (SSSR count). The standard InChI is InChI=1S/C23H20N4O3S2/c1-25-12-11-18-19(13-25)32-21-20(18)22(28)26(16-5-3-2-4-6-16)23(24-21)31-14-15-7-9-17(10-8-15)27(29)30/h2-10H,11-14H2,1H3. The third kappa shape index (κ3) is 3.83. The molecule has 162 valence electrons. The van der Waals surface area contributed by atoms with Crippen molar-refractivity contribution < 1.29 is 4.92 Å². The predicted octanol–water partition coefficient (Wildman–Crippen LogP) is 4.64. The largest absolute Gasteiger partial charge is 0.301 e. The van der Waals surface area contributed by atoms with Crippen LogP contribution in [-0.2, 0) is 18.7 Å². The zero-order valence-electron chi connectivity index (χ0n) is 17.4. The first-order valence-corrected chi connectivity index (χ1v) is 12.0. The van der Waals surface area contributed by atoms with Gasteiger partial charge < -0.3 is 4.90 Å². The molecule has 1 aliphatic heterocycles. The summed E-state index contributed by atoms with van der Waals surface area (Å²) in [5, 5.41) is 12.3. The van der Waals surface area contributed by atoms with E-state index in [0.29, 0.717) is 10.9 Å². The summed E-state index contributed by atoms with van der Waals surface area (Å²) in [4.78, 5) is 33.4. The molecule has 2 aromatic heterocycles. The van der Waals surface area contributed by atoms with Gasteiger partial charge in [0.15, 0.2) is 5.16 Å². The summed E-state index contributed by atoms with van der Waals surface area (Å²) in [6.07, 6.45) is 0.854. The number of hydrogen-bond acceptors (Lipinski definition) is 7. The van der Waals surface area contributed by atoms with E-state index in [1.807, 2.05) is 30.3 Å². The zero-order valence-corrected chi connectivity index (χ0v) is 19.0. The summed E-state index contributed by atoms with van der Waals surface area (Å²) < 4.78 is 1.70. The molecule has 0 atom stereocenters. The van der Waals surface area contributed by atoms with Gasteiger partial charge in [0.25, 0.3) is 11.2 Å². The van der Waals surface area contributed by atoms with Crippen molar-refractivity contribution in [2.24, 2.45) is 0 Å². The van der Waals surface area contributed by atoms with E-state index in [9.17, 15) is 14.9 Å². The van der Waals surface area contributed by atoms with Crippen molar-refractivity contribution >= 4 is 39.0 Å². The molecule has 0 bridgehead atoms. The van der Waals surface area contributed by atoms with E-state index in [2.05, 4.69) is 11.9 Å². The summed E-state index contributed by atoms with van der Waals surface area (Å²) in [6, 6.07) is 16.1. The molecule has 7 nitrogen and oxygen atoms in total. The number of thiophene rings is 1. The zero-order chi connectivity index (χ0) is 22.2. The lowest BCUT2D eigenvalue weighted by atomic mass is 10.1. The molecule has 0 amide bonds. The molecule has 0 spiro atoms. The van der Waals surface area contributed by atoms with Gasteiger partial charge in [0.05, 0.1) is 16.0 Å². The van der Waals surface area contributed by atoms with Gasteiger partial charge in [0.2, 0.25) is 0 Å². The summed E-state index contributed by atoms with van der Waals surface area (Å²) in [7, 11) is 2.09. The Morgan fingerprint density at radius 3 is 2.62 bits per heavy atom. The molecule has 9 heteroatoms. The average molecular weight is 465 g/mol. The molecule has 0 radical (unpaired) electrons. The molecule has 0 saturated heterocycles. The molecular weight excluding hydrogens is 444 g/mol. The van der Waals surface area contributed by atoms with E-state index in [1.165, 1.54) is 28.8 Å². The molecule has 0 unspecified atom stereocenters. The van der Waals surface area contributed by atoms with Gasteiger partial charge in [-0.25, -0.2) is 4.98 Å². The molecule has 4 aromatic rings. The van der Waals surface area contributed by atoms with Crippen molar-refractivity contribution in [1.29, 1.82) is 0 Å². The minimum atomic E-state index is -0.407. The summed E-state index contributed by atoms with van der Waals surface area (Å²) in [5.74, 6) is 0.552. The first-order valence-electron chi connectivity index (χ1n) is 10.2. The van der Waals surface area contributed by atoms with Crippen LogP contribution in [-0.4, -0.2) is 33.0 Å². The second kappa shape index (κ2) is 8.50. The van der Waals surface area contributed by atoms with Gasteiger partial charge in [-0.2, -0.15) is 0 Å². The molecule has 0 aliphatic carbocycles. The lowest BCUT2D eigenvalue weighted by Gasteiger charge is -2.21. The monoisotopic (exact) mass is 464 g/mol. The highest BCUT2D eigenvalue weighted by Crippen LogP contribution is 2.34. The molecule has 0 saturated carbocycles. The van der Waals surface area contributed by atoms with E-state index in [4.69, 9.17) is 4.98 Å². The molecular formula is C23H20N4O3S2. The van der Waals surface area contributed by atoms with Crippen LogP contribution < -0.4 is 5.56 Å². The van der Waals surface area contributed by atoms with Crippen molar-refractivity contribution in [3.05, 3.63) is 91.1 Å². The van der Waals surface area contributed by atoms with Gasteiger partial charge >= 0.3 is 0 Å². The Morgan fingerprint density at radius 2 is 1.91 bits per heavy atom. The lowest BCUT2D eigenvalue weighted by Crippen LogP contribution is -2.27. The van der Waals surface area contributed by atoms with Crippen LogP contribution >= 0.6 is 23.1 Å². The Kier molecular flexibility index (Phi) is 5.54. The Bertz CT molecular complexity index is 1360. The number of likely N-dealkylation sites (N-methyl/N-ethyl adjacent to an activating group) is 1. The number of aromatic nitrogens is 2. The third-order valence-electron chi connectivity index (χ3n) is 5.56. The summed E-state index contributed by atoms with van der Waals surface area (Å²) >= 11 is 3.07. The molecule has 0 fully saturated rings. The van der Waals surface area contributed by atoms with E-state index in [1.54, 1.807) is 28.0 Å². The average Bonchev–Trinajstić information content (AvgIpc) is 3.16. The van der Waals surface area contributed by atoms with E-state index in [0.717, 1.165) is 46.5 Å². The van der Waals surface area contributed by atoms with Gasteiger partial charge in [-0.05, 0) is 36.7 Å². The van der Waals surface area contributed by atoms with Crippen LogP contribution in [0.5, 0.6) is 0 Å². The van der Waals surface area contributed by atoms with Crippen LogP contribution in [0.25, 0.3) is 15.9 Å². The maximum absolute atomic E-state index is 13.7. The van der Waals surface area contributed by atoms with E-state index >= 15 is 0 Å². The maximum atomic E-state index is 13.7. The van der Waals surface area contributed by atoms with Crippen LogP contribution in [0.15, 0.2) is 64.5 Å². The maximum Gasteiger partial charge on any atom is 0.269 e. The number of hydrogen-bond donors (Lipinski definition) is 0. The number of fused-ring (bicyclic) bond motifs is 3. The molecule has 1 aliphatic rings. The Morgan fingerprint density at radius 1 is 1.16 bits per heavy atom. The fourth-order valence-electron chi connectivity index (χ4n) is 3.91. The van der Waals surface area contributed by atoms with Crippen LogP contribution in [0.1, 0.15) is 16.0 Å². The number of thioether (sulfide) groups is 1. The number of nitro benzene ring substituents is 1. The number of non-ortho nitro benzene ring substituents is 1. The SMILES string of the molecule is CN1CCc2c(sc3nc(SCc4ccc([N+](=O)[O-])cc4)n(-c4ccccc4)c(=O)c23)C1. The first kappa shape index (κ1) is 20.9. The van der Waals surface area contributed by atoms with Crippen molar-refractivity contribution in [3.8, 4) is 5.69 Å². The summed E-state index contributed by atoms with van der Waals surface area (Å²) in [5.41, 5.74) is 2.88. The summed E-state index contributed by atoms with van der Waals surface area (Å²) in [6.45, 7) is 1.77. The smallest absolute Gasteiger partial charge is 0.269 e. The number of nitro groups is 1. The number of para-hydroxylation sites is 1. The van der Waals surface area contributed by atoms with E-state index < -0.39 is 4.92 Å². The van der Waals surface area contributed by atoms with E-state index in [-0.39, 0.29) is 11.2 Å². The number of rotatable bonds is 5. The van der Waals surface area contributed by atoms with Crippen molar-refractivity contribution in [2.45, 2.75) is 23.9 Å². The fraction of sp³-hybridized carbons (Fsp3) is 0.217. The minimum absolute atomic E-state index is 0.0329. The molecule has 2 aromatic carbocycles. The highest BCUT2D eigenvalue weighted by molar-refractivity contribution is 7.98. The first-order chi connectivity index (χ1) is 15.5. The molecule has 32 heavy (non-hydrogen) atoms. The molecule has 3 heterocycles. The van der Waals surface area contributed by atoms with Gasteiger partial charge in [-0.15, -0.1) is 11.3 Å². The lowest BCUT2D eigenvalue weighted by molar-refractivity contribution is -0.384. The van der Waals surface area contributed by atoms with Crippen molar-refractivity contribution in [1.82, 2.24) is 14.5 Å². The van der Waals surface area contributed by atoms with Crippen LogP contribution in [0.2, 0.25) is 0 Å². The Labute approximate surface area is 192 Å². The Hall–Kier alpha value is -3.01. The van der Waals surface area contributed by atoms with Gasteiger partial charge in [0.1, 0.15) is 4.83 Å². The highest BCUT2D eigenvalue weighted by atomic mass is 32.2. The number of benzene rings is 2. The van der Waals surface area contributed by atoms with Gasteiger partial charge in [-0.1, -0.05) is 42.1 Å². The topological polar surface area (TPSA) is 81.3 Å². The van der Waals surface area contributed by atoms with Gasteiger partial charge in [-0.3, -0.25) is 19.5 Å². The fourth-order valence-corrected chi connectivity index (χ4v) is 6.22. The van der Waals surface area contributed by atoms with Crippen molar-refractivity contribution in [3.63, 3.8) is 0 Å². The highest BCUT2D eigenvalue weighted by Gasteiger charge is 2.24. The van der Waals surface area contributed by atoms with Crippen LogP contribution in [0, 0.1) is 10.1 Å².